The van der Waals surface area contributed by atoms with Gasteiger partial charge in [-0.1, -0.05) is 26.7 Å². The van der Waals surface area contributed by atoms with Crippen molar-refractivity contribution < 1.29 is 4.74 Å². The predicted molar refractivity (Wildman–Crippen MR) is 56.3 cm³/mol. The number of hydrogen-bond donors (Lipinski definition) is 2. The van der Waals surface area contributed by atoms with Crippen LogP contribution < -0.4 is 11.5 Å². The summed E-state index contributed by atoms with van der Waals surface area (Å²) in [7, 11) is 0. The van der Waals surface area contributed by atoms with Gasteiger partial charge in [0, 0.05) is 6.61 Å². The average Bonchev–Trinajstić information content (AvgIpc) is 2.05. The van der Waals surface area contributed by atoms with Crippen molar-refractivity contribution in [2.75, 3.05) is 6.61 Å². The van der Waals surface area contributed by atoms with E-state index in [0.29, 0.717) is 6.61 Å². The summed E-state index contributed by atoms with van der Waals surface area (Å²) < 4.78 is 5.72. The van der Waals surface area contributed by atoms with E-state index in [9.17, 15) is 0 Å². The Morgan fingerprint density at radius 2 is 1.54 bits per heavy atom. The fraction of sp³-hybridized carbons (Fsp3) is 1.00. The van der Waals surface area contributed by atoms with Gasteiger partial charge in [-0.3, -0.25) is 0 Å². The van der Waals surface area contributed by atoms with Gasteiger partial charge < -0.3 is 16.2 Å². The van der Waals surface area contributed by atoms with Crippen molar-refractivity contribution >= 4 is 0 Å². The molecule has 0 saturated heterocycles. The Kier molecular flexibility index (Phi) is 6.29. The molecule has 4 N–H and O–H groups in total. The second-order valence-electron chi connectivity index (χ2n) is 3.52. The lowest BCUT2D eigenvalue weighted by Crippen LogP contribution is -2.55. The molecule has 0 aromatic heterocycles. The molecule has 3 nitrogen and oxygen atoms in total. The summed E-state index contributed by atoms with van der Waals surface area (Å²) in [5, 5.41) is 0. The fourth-order valence-electron chi connectivity index (χ4n) is 1.83. The molecule has 0 fully saturated rings. The molecule has 0 aliphatic heterocycles. The Balaban J connectivity index is 4.38. The van der Waals surface area contributed by atoms with Crippen LogP contribution >= 0.6 is 0 Å². The minimum atomic E-state index is -0.368. The van der Waals surface area contributed by atoms with Gasteiger partial charge in [0.15, 0.2) is 0 Å². The second-order valence-corrected chi connectivity index (χ2v) is 3.52. The Bertz CT molecular complexity index is 109. The van der Waals surface area contributed by atoms with Crippen molar-refractivity contribution in [3.63, 3.8) is 0 Å². The molecule has 0 aromatic rings. The largest absolute Gasteiger partial charge is 0.372 e. The van der Waals surface area contributed by atoms with E-state index in [0.717, 1.165) is 25.7 Å². The highest BCUT2D eigenvalue weighted by Gasteiger charge is 2.33. The summed E-state index contributed by atoms with van der Waals surface area (Å²) in [6.07, 6.45) is 3.65. The molecule has 80 valence electrons. The highest BCUT2D eigenvalue weighted by atomic mass is 16.5. The van der Waals surface area contributed by atoms with Crippen molar-refractivity contribution in [1.82, 2.24) is 0 Å². The SMILES string of the molecule is CCCC(CCC)(OCC)C(N)N. The van der Waals surface area contributed by atoms with Gasteiger partial charge in [0.2, 0.25) is 0 Å². The quantitative estimate of drug-likeness (QED) is 0.597. The lowest BCUT2D eigenvalue weighted by Gasteiger charge is -2.36. The van der Waals surface area contributed by atoms with Gasteiger partial charge in [0.1, 0.15) is 0 Å². The zero-order chi connectivity index (χ0) is 10.3. The van der Waals surface area contributed by atoms with Gasteiger partial charge >= 0.3 is 0 Å². The topological polar surface area (TPSA) is 61.3 Å². The van der Waals surface area contributed by atoms with Gasteiger partial charge in [0.05, 0.1) is 11.8 Å². The van der Waals surface area contributed by atoms with E-state index in [1.807, 2.05) is 6.92 Å². The maximum atomic E-state index is 5.78. The number of nitrogens with two attached hydrogens (primary N) is 2. The van der Waals surface area contributed by atoms with Crippen molar-refractivity contribution in [3.05, 3.63) is 0 Å². The van der Waals surface area contributed by atoms with Crippen LogP contribution in [0.25, 0.3) is 0 Å². The molecule has 0 unspecified atom stereocenters. The summed E-state index contributed by atoms with van der Waals surface area (Å²) in [6.45, 7) is 6.94. The molecule has 0 aliphatic rings. The second kappa shape index (κ2) is 6.35. The lowest BCUT2D eigenvalue weighted by atomic mass is 9.89. The smallest absolute Gasteiger partial charge is 0.0961 e. The van der Waals surface area contributed by atoms with E-state index in [-0.39, 0.29) is 11.8 Å². The molecule has 13 heavy (non-hydrogen) atoms. The highest BCUT2D eigenvalue weighted by molar-refractivity contribution is 4.87. The first-order valence-electron chi connectivity index (χ1n) is 5.28. The molecule has 0 aliphatic carbocycles. The molecule has 0 spiro atoms. The summed E-state index contributed by atoms with van der Waals surface area (Å²) in [5.41, 5.74) is 11.3. The fourth-order valence-corrected chi connectivity index (χ4v) is 1.83. The third-order valence-corrected chi connectivity index (χ3v) is 2.39. The lowest BCUT2D eigenvalue weighted by molar-refractivity contribution is -0.0695. The molecule has 0 amide bonds. The molecule has 0 atom stereocenters. The molecule has 3 heteroatoms. The van der Waals surface area contributed by atoms with E-state index in [4.69, 9.17) is 16.2 Å². The van der Waals surface area contributed by atoms with Crippen molar-refractivity contribution in [1.29, 1.82) is 0 Å². The van der Waals surface area contributed by atoms with Gasteiger partial charge in [-0.25, -0.2) is 0 Å². The summed E-state index contributed by atoms with van der Waals surface area (Å²) in [6, 6.07) is 0. The molecule has 0 rings (SSSR count). The van der Waals surface area contributed by atoms with Crippen LogP contribution in [0.1, 0.15) is 46.5 Å². The molecule has 0 aromatic carbocycles. The Morgan fingerprint density at radius 1 is 1.08 bits per heavy atom. The van der Waals surface area contributed by atoms with Gasteiger partial charge in [-0.15, -0.1) is 0 Å². The van der Waals surface area contributed by atoms with Crippen LogP contribution in [0.15, 0.2) is 0 Å². The minimum Gasteiger partial charge on any atom is -0.372 e. The third-order valence-electron chi connectivity index (χ3n) is 2.39. The summed E-state index contributed by atoms with van der Waals surface area (Å²) >= 11 is 0. The van der Waals surface area contributed by atoms with Crippen LogP contribution in [0.2, 0.25) is 0 Å². The minimum absolute atomic E-state index is 0.293. The molecular formula is C10H24N2O. The van der Waals surface area contributed by atoms with Gasteiger partial charge in [0.25, 0.3) is 0 Å². The standard InChI is InChI=1S/C10H24N2O/c1-4-7-10(8-5-2,9(11)12)13-6-3/h9H,4-8,11-12H2,1-3H3. The summed E-state index contributed by atoms with van der Waals surface area (Å²) in [4.78, 5) is 0. The first-order chi connectivity index (χ1) is 6.13. The third kappa shape index (κ3) is 3.63. The number of ether oxygens (including phenoxy) is 1. The van der Waals surface area contributed by atoms with E-state index in [1.165, 1.54) is 0 Å². The maximum absolute atomic E-state index is 5.78. The molecule has 0 radical (unpaired) electrons. The van der Waals surface area contributed by atoms with Crippen molar-refractivity contribution in [2.45, 2.75) is 58.2 Å². The summed E-state index contributed by atoms with van der Waals surface area (Å²) in [5.74, 6) is 0. The first-order valence-corrected chi connectivity index (χ1v) is 5.28. The highest BCUT2D eigenvalue weighted by Crippen LogP contribution is 2.25. The van der Waals surface area contributed by atoms with E-state index in [2.05, 4.69) is 13.8 Å². The van der Waals surface area contributed by atoms with Crippen LogP contribution in [0.3, 0.4) is 0 Å². The van der Waals surface area contributed by atoms with Crippen LogP contribution in [0.5, 0.6) is 0 Å². The number of rotatable bonds is 7. The zero-order valence-electron chi connectivity index (χ0n) is 9.18. The number of hydrogen-bond acceptors (Lipinski definition) is 3. The normalized spacial score (nSPS) is 12.5. The Labute approximate surface area is 81.8 Å². The monoisotopic (exact) mass is 188 g/mol. The van der Waals surface area contributed by atoms with Crippen LogP contribution in [0, 0.1) is 0 Å². The van der Waals surface area contributed by atoms with Gasteiger partial charge in [-0.05, 0) is 19.8 Å². The van der Waals surface area contributed by atoms with E-state index >= 15 is 0 Å². The Hall–Kier alpha value is -0.120. The molecular weight excluding hydrogens is 164 g/mol. The van der Waals surface area contributed by atoms with Gasteiger partial charge in [-0.2, -0.15) is 0 Å². The predicted octanol–water partition coefficient (Wildman–Crippen LogP) is 1.61. The van der Waals surface area contributed by atoms with E-state index < -0.39 is 0 Å². The molecule has 0 saturated carbocycles. The molecule has 0 bridgehead atoms. The maximum Gasteiger partial charge on any atom is 0.0961 e. The van der Waals surface area contributed by atoms with Crippen LogP contribution in [-0.2, 0) is 4.74 Å². The van der Waals surface area contributed by atoms with E-state index in [1.54, 1.807) is 0 Å². The first kappa shape index (κ1) is 12.9. The Morgan fingerprint density at radius 3 is 1.77 bits per heavy atom. The van der Waals surface area contributed by atoms with Crippen molar-refractivity contribution in [2.24, 2.45) is 11.5 Å². The van der Waals surface area contributed by atoms with Crippen LogP contribution in [0.4, 0.5) is 0 Å². The van der Waals surface area contributed by atoms with Crippen LogP contribution in [-0.4, -0.2) is 18.4 Å². The van der Waals surface area contributed by atoms with Crippen molar-refractivity contribution in [3.8, 4) is 0 Å². The molecule has 0 heterocycles. The zero-order valence-corrected chi connectivity index (χ0v) is 9.18. The average molecular weight is 188 g/mol.